The number of nitrogens with zero attached hydrogens (tertiary/aromatic N) is 4. The molecule has 1 saturated heterocycles. The van der Waals surface area contributed by atoms with Crippen molar-refractivity contribution in [3.05, 3.63) is 42.1 Å². The minimum atomic E-state index is 0.00773. The highest BCUT2D eigenvalue weighted by atomic mass is 16.5. The smallest absolute Gasteiger partial charge is 0.259 e. The van der Waals surface area contributed by atoms with E-state index in [1.165, 1.54) is 19.3 Å². The molecule has 6 heteroatoms. The van der Waals surface area contributed by atoms with E-state index in [4.69, 9.17) is 4.74 Å². The third-order valence-corrected chi connectivity index (χ3v) is 5.78. The summed E-state index contributed by atoms with van der Waals surface area (Å²) in [5.41, 5.74) is 0.554. The van der Waals surface area contributed by atoms with Crippen molar-refractivity contribution < 1.29 is 9.53 Å². The highest BCUT2D eigenvalue weighted by Crippen LogP contribution is 2.31. The van der Waals surface area contributed by atoms with Gasteiger partial charge in [-0.05, 0) is 50.7 Å². The molecule has 1 saturated carbocycles. The summed E-state index contributed by atoms with van der Waals surface area (Å²) in [6.45, 7) is 4.96. The van der Waals surface area contributed by atoms with Gasteiger partial charge in [0.15, 0.2) is 0 Å². The molecule has 1 aliphatic heterocycles. The van der Waals surface area contributed by atoms with Crippen LogP contribution in [0, 0.1) is 5.92 Å². The molecule has 0 aromatic carbocycles. The number of ether oxygens (including phenoxy) is 1. The molecular formula is C21H28N4O2. The fourth-order valence-corrected chi connectivity index (χ4v) is 4.14. The predicted octanol–water partition coefficient (Wildman–Crippen LogP) is 3.50. The van der Waals surface area contributed by atoms with E-state index in [2.05, 4.69) is 20.7 Å². The van der Waals surface area contributed by atoms with Gasteiger partial charge in [0.25, 0.3) is 5.91 Å². The van der Waals surface area contributed by atoms with Gasteiger partial charge in [0, 0.05) is 44.1 Å². The quantitative estimate of drug-likeness (QED) is 0.783. The second-order valence-corrected chi connectivity index (χ2v) is 7.61. The van der Waals surface area contributed by atoms with Gasteiger partial charge in [-0.2, -0.15) is 0 Å². The number of rotatable bonds is 6. The van der Waals surface area contributed by atoms with E-state index in [0.717, 1.165) is 37.7 Å². The first-order valence-corrected chi connectivity index (χ1v) is 10.1. The Kier molecular flexibility index (Phi) is 5.41. The third kappa shape index (κ3) is 3.84. The lowest BCUT2D eigenvalue weighted by molar-refractivity contribution is 0.0697. The summed E-state index contributed by atoms with van der Waals surface area (Å²) in [5.74, 6) is 2.66. The number of piperidine rings is 1. The van der Waals surface area contributed by atoms with Crippen molar-refractivity contribution in [2.75, 3.05) is 19.7 Å². The first kappa shape index (κ1) is 18.0. The van der Waals surface area contributed by atoms with Crippen LogP contribution in [0.5, 0.6) is 5.88 Å². The maximum Gasteiger partial charge on any atom is 0.259 e. The summed E-state index contributed by atoms with van der Waals surface area (Å²) in [4.78, 5) is 23.9. The Bertz CT molecular complexity index is 784. The normalized spacial score (nSPS) is 20.3. The van der Waals surface area contributed by atoms with Crippen molar-refractivity contribution >= 4 is 5.91 Å². The molecule has 2 aromatic rings. The Morgan fingerprint density at radius 2 is 2.11 bits per heavy atom. The molecule has 144 valence electrons. The van der Waals surface area contributed by atoms with Gasteiger partial charge in [0.1, 0.15) is 11.4 Å². The molecule has 1 aliphatic carbocycles. The summed E-state index contributed by atoms with van der Waals surface area (Å²) < 4.78 is 7.87. The molecule has 2 aliphatic rings. The number of carbonyl (C=O) groups is 1. The van der Waals surface area contributed by atoms with Crippen LogP contribution in [-0.2, 0) is 6.54 Å². The average molecular weight is 368 g/mol. The van der Waals surface area contributed by atoms with Crippen LogP contribution in [0.4, 0.5) is 0 Å². The van der Waals surface area contributed by atoms with Crippen molar-refractivity contribution in [1.29, 1.82) is 0 Å². The molecule has 0 spiro atoms. The fourth-order valence-electron chi connectivity index (χ4n) is 4.14. The topological polar surface area (TPSA) is 60.2 Å². The Labute approximate surface area is 160 Å². The number of carbonyl (C=O) groups excluding carboxylic acids is 1. The van der Waals surface area contributed by atoms with Crippen molar-refractivity contribution in [3.8, 4) is 5.88 Å². The first-order chi connectivity index (χ1) is 13.3. The van der Waals surface area contributed by atoms with Gasteiger partial charge in [-0.3, -0.25) is 4.79 Å². The highest BCUT2D eigenvalue weighted by molar-refractivity contribution is 5.96. The minimum absolute atomic E-state index is 0.00773. The van der Waals surface area contributed by atoms with E-state index in [1.54, 1.807) is 12.3 Å². The largest absolute Gasteiger partial charge is 0.477 e. The van der Waals surface area contributed by atoms with Crippen molar-refractivity contribution in [1.82, 2.24) is 19.4 Å². The van der Waals surface area contributed by atoms with Gasteiger partial charge in [-0.15, -0.1) is 0 Å². The first-order valence-electron chi connectivity index (χ1n) is 10.1. The molecule has 0 N–H and O–H groups in total. The SMILES string of the molecule is CCOc1ncccc1C(=O)N1CCC[C@@H](c2nccn2CC2CCC2)C1. The molecule has 0 bridgehead atoms. The van der Waals surface area contributed by atoms with Gasteiger partial charge in [-0.25, -0.2) is 9.97 Å². The van der Waals surface area contributed by atoms with Crippen molar-refractivity contribution in [3.63, 3.8) is 0 Å². The second kappa shape index (κ2) is 8.11. The van der Waals surface area contributed by atoms with Crippen LogP contribution in [0.1, 0.15) is 61.1 Å². The summed E-state index contributed by atoms with van der Waals surface area (Å²) in [6.07, 6.45) is 11.8. The van der Waals surface area contributed by atoms with Crippen LogP contribution < -0.4 is 4.74 Å². The summed E-state index contributed by atoms with van der Waals surface area (Å²) in [5, 5.41) is 0. The van der Waals surface area contributed by atoms with Crippen LogP contribution >= 0.6 is 0 Å². The van der Waals surface area contributed by atoms with Crippen LogP contribution in [0.15, 0.2) is 30.7 Å². The number of likely N-dealkylation sites (tertiary alicyclic amines) is 1. The molecular weight excluding hydrogens is 340 g/mol. The fraction of sp³-hybridized carbons (Fsp3) is 0.571. The number of pyridine rings is 1. The lowest BCUT2D eigenvalue weighted by Gasteiger charge is -2.34. The van der Waals surface area contributed by atoms with E-state index in [0.29, 0.717) is 30.5 Å². The van der Waals surface area contributed by atoms with Crippen LogP contribution in [-0.4, -0.2) is 45.0 Å². The van der Waals surface area contributed by atoms with E-state index < -0.39 is 0 Å². The van der Waals surface area contributed by atoms with Gasteiger partial charge < -0.3 is 14.2 Å². The number of hydrogen-bond acceptors (Lipinski definition) is 4. The van der Waals surface area contributed by atoms with Gasteiger partial charge in [-0.1, -0.05) is 6.42 Å². The van der Waals surface area contributed by atoms with Gasteiger partial charge in [0.2, 0.25) is 5.88 Å². The Hall–Kier alpha value is -2.37. The number of imidazole rings is 1. The Morgan fingerprint density at radius 3 is 2.89 bits per heavy atom. The molecule has 4 rings (SSSR count). The molecule has 1 amide bonds. The maximum atomic E-state index is 13.1. The Balaban J connectivity index is 1.48. The number of hydrogen-bond donors (Lipinski definition) is 0. The van der Waals surface area contributed by atoms with Crippen molar-refractivity contribution in [2.24, 2.45) is 5.92 Å². The minimum Gasteiger partial charge on any atom is -0.477 e. The zero-order valence-corrected chi connectivity index (χ0v) is 16.0. The van der Waals surface area contributed by atoms with Crippen molar-refractivity contribution in [2.45, 2.75) is 51.5 Å². The molecule has 3 heterocycles. The lowest BCUT2D eigenvalue weighted by Crippen LogP contribution is -2.40. The second-order valence-electron chi connectivity index (χ2n) is 7.61. The molecule has 0 radical (unpaired) electrons. The molecule has 1 atom stereocenters. The molecule has 6 nitrogen and oxygen atoms in total. The zero-order chi connectivity index (χ0) is 18.6. The molecule has 0 unspecified atom stereocenters. The number of aromatic nitrogens is 3. The summed E-state index contributed by atoms with van der Waals surface area (Å²) in [6, 6.07) is 3.60. The van der Waals surface area contributed by atoms with Gasteiger partial charge in [0.05, 0.1) is 6.61 Å². The average Bonchev–Trinajstić information content (AvgIpc) is 3.13. The predicted molar refractivity (Wildman–Crippen MR) is 103 cm³/mol. The molecule has 27 heavy (non-hydrogen) atoms. The standard InChI is InChI=1S/C21H28N4O2/c1-2-27-20-18(9-4-10-23-20)21(26)25-12-5-8-17(15-25)19-22-11-13-24(19)14-16-6-3-7-16/h4,9-11,13,16-17H,2-3,5-8,12,14-15H2,1H3/t17-/m1/s1. The van der Waals surface area contributed by atoms with E-state index in [9.17, 15) is 4.79 Å². The number of amides is 1. The third-order valence-electron chi connectivity index (χ3n) is 5.78. The molecule has 2 fully saturated rings. The Morgan fingerprint density at radius 1 is 1.22 bits per heavy atom. The van der Waals surface area contributed by atoms with E-state index >= 15 is 0 Å². The van der Waals surface area contributed by atoms with E-state index in [-0.39, 0.29) is 5.91 Å². The van der Waals surface area contributed by atoms with E-state index in [1.807, 2.05) is 24.1 Å². The van der Waals surface area contributed by atoms with Crippen LogP contribution in [0.25, 0.3) is 0 Å². The van der Waals surface area contributed by atoms with Crippen LogP contribution in [0.3, 0.4) is 0 Å². The monoisotopic (exact) mass is 368 g/mol. The summed E-state index contributed by atoms with van der Waals surface area (Å²) in [7, 11) is 0. The summed E-state index contributed by atoms with van der Waals surface area (Å²) >= 11 is 0. The molecule has 2 aromatic heterocycles. The lowest BCUT2D eigenvalue weighted by atomic mass is 9.85. The maximum absolute atomic E-state index is 13.1. The highest BCUT2D eigenvalue weighted by Gasteiger charge is 2.30. The van der Waals surface area contributed by atoms with Crippen LogP contribution in [0.2, 0.25) is 0 Å². The zero-order valence-electron chi connectivity index (χ0n) is 16.0. The van der Waals surface area contributed by atoms with Gasteiger partial charge >= 0.3 is 0 Å².